The molecule has 1 aliphatic rings. The lowest BCUT2D eigenvalue weighted by molar-refractivity contribution is -0.148. The van der Waals surface area contributed by atoms with Crippen LogP contribution in [0.3, 0.4) is 0 Å². The first-order valence-electron chi connectivity index (χ1n) is 13.5. The summed E-state index contributed by atoms with van der Waals surface area (Å²) in [5, 5.41) is 24.8. The van der Waals surface area contributed by atoms with Crippen LogP contribution in [0.2, 0.25) is 0 Å². The molecule has 0 bridgehead atoms. The highest BCUT2D eigenvalue weighted by Crippen LogP contribution is 2.41. The van der Waals surface area contributed by atoms with E-state index in [1.165, 1.54) is 34.9 Å². The van der Waals surface area contributed by atoms with Gasteiger partial charge >= 0.3 is 0 Å². The molecule has 0 aromatic heterocycles. The second kappa shape index (κ2) is 12.5. The number of nitrogens with two attached hydrogens (primary N) is 1. The predicted molar refractivity (Wildman–Crippen MR) is 160 cm³/mol. The van der Waals surface area contributed by atoms with E-state index in [1.807, 2.05) is 45.0 Å². The van der Waals surface area contributed by atoms with Gasteiger partial charge in [0.15, 0.2) is 5.78 Å². The number of hydrogen-bond donors (Lipinski definition) is 4. The van der Waals surface area contributed by atoms with E-state index in [4.69, 9.17) is 5.73 Å². The highest BCUT2D eigenvalue weighted by atomic mass is 32.2. The van der Waals surface area contributed by atoms with Gasteiger partial charge in [-0.05, 0) is 50.5 Å². The van der Waals surface area contributed by atoms with E-state index < -0.39 is 40.5 Å². The Morgan fingerprint density at radius 3 is 2.37 bits per heavy atom. The normalized spacial score (nSPS) is 18.4. The SMILES string of the molecule is Cc1ccccc1CNC(=O)[C@H]1N(C(=O)C(O)C(C(=O)c2cccc(O)c2C)C(N)c2ccccc2)CSC1(C)C. The molecule has 1 heterocycles. The molecule has 2 amide bonds. The van der Waals surface area contributed by atoms with Crippen LogP contribution < -0.4 is 11.1 Å². The number of carbonyl (C=O) groups excluding carboxylic acids is 3. The second-order valence-electron chi connectivity index (χ2n) is 11.0. The van der Waals surface area contributed by atoms with E-state index >= 15 is 0 Å². The highest BCUT2D eigenvalue weighted by molar-refractivity contribution is 8.00. The Balaban J connectivity index is 1.65. The molecule has 4 rings (SSSR count). The number of ketones is 1. The van der Waals surface area contributed by atoms with Gasteiger partial charge in [0.1, 0.15) is 17.9 Å². The smallest absolute Gasteiger partial charge is 0.253 e. The monoisotopic (exact) mass is 575 g/mol. The molecular weight excluding hydrogens is 538 g/mol. The molecule has 216 valence electrons. The van der Waals surface area contributed by atoms with Crippen molar-refractivity contribution in [1.29, 1.82) is 0 Å². The van der Waals surface area contributed by atoms with E-state index in [1.54, 1.807) is 37.3 Å². The van der Waals surface area contributed by atoms with Gasteiger partial charge in [-0.3, -0.25) is 14.4 Å². The zero-order chi connectivity index (χ0) is 29.9. The van der Waals surface area contributed by atoms with Gasteiger partial charge in [-0.2, -0.15) is 0 Å². The van der Waals surface area contributed by atoms with E-state index in [0.717, 1.165) is 11.1 Å². The maximum absolute atomic E-state index is 14.0. The minimum absolute atomic E-state index is 0.0771. The van der Waals surface area contributed by atoms with Crippen molar-refractivity contribution in [3.63, 3.8) is 0 Å². The summed E-state index contributed by atoms with van der Waals surface area (Å²) in [4.78, 5) is 42.8. The summed E-state index contributed by atoms with van der Waals surface area (Å²) < 4.78 is -0.645. The van der Waals surface area contributed by atoms with Gasteiger partial charge in [0.2, 0.25) is 5.91 Å². The zero-order valence-electron chi connectivity index (χ0n) is 23.7. The number of aliphatic hydroxyl groups excluding tert-OH is 1. The number of carbonyl (C=O) groups is 3. The summed E-state index contributed by atoms with van der Waals surface area (Å²) in [7, 11) is 0. The predicted octanol–water partition coefficient (Wildman–Crippen LogP) is 3.87. The molecule has 1 saturated heterocycles. The van der Waals surface area contributed by atoms with Crippen molar-refractivity contribution in [1.82, 2.24) is 10.2 Å². The lowest BCUT2D eigenvalue weighted by Crippen LogP contribution is -2.57. The van der Waals surface area contributed by atoms with E-state index in [0.29, 0.717) is 17.7 Å². The third-order valence-corrected chi connectivity index (χ3v) is 9.20. The summed E-state index contributed by atoms with van der Waals surface area (Å²) in [5.41, 5.74) is 9.64. The summed E-state index contributed by atoms with van der Waals surface area (Å²) >= 11 is 1.42. The molecule has 0 radical (unpaired) electrons. The molecule has 3 unspecified atom stereocenters. The Morgan fingerprint density at radius 2 is 1.68 bits per heavy atom. The lowest BCUT2D eigenvalue weighted by atomic mass is 9.81. The number of thioether (sulfide) groups is 1. The van der Waals surface area contributed by atoms with Crippen LogP contribution in [0.5, 0.6) is 5.75 Å². The number of aryl methyl sites for hydroxylation is 1. The summed E-state index contributed by atoms with van der Waals surface area (Å²) in [6.07, 6.45) is -1.83. The van der Waals surface area contributed by atoms with Crippen molar-refractivity contribution in [2.45, 2.75) is 57.2 Å². The Bertz CT molecular complexity index is 1430. The van der Waals surface area contributed by atoms with Crippen molar-refractivity contribution in [3.05, 3.63) is 101 Å². The summed E-state index contributed by atoms with van der Waals surface area (Å²) in [5.74, 6) is -2.94. The molecule has 1 fully saturated rings. The van der Waals surface area contributed by atoms with Crippen LogP contribution in [-0.2, 0) is 16.1 Å². The molecule has 9 heteroatoms. The maximum Gasteiger partial charge on any atom is 0.253 e. The van der Waals surface area contributed by atoms with E-state index in [2.05, 4.69) is 5.32 Å². The van der Waals surface area contributed by atoms with Crippen LogP contribution >= 0.6 is 11.8 Å². The number of aliphatic hydroxyl groups is 1. The number of aromatic hydroxyl groups is 1. The average molecular weight is 576 g/mol. The number of rotatable bonds is 9. The van der Waals surface area contributed by atoms with Crippen LogP contribution in [0, 0.1) is 19.8 Å². The van der Waals surface area contributed by atoms with Gasteiger partial charge in [-0.1, -0.05) is 66.7 Å². The molecule has 41 heavy (non-hydrogen) atoms. The number of phenols is 1. The number of benzene rings is 3. The lowest BCUT2D eigenvalue weighted by Gasteiger charge is -2.34. The Labute approximate surface area is 244 Å². The molecule has 3 aromatic carbocycles. The van der Waals surface area contributed by atoms with E-state index in [9.17, 15) is 24.6 Å². The number of Topliss-reactive ketones (excluding diaryl/α,β-unsaturated/α-hetero) is 1. The van der Waals surface area contributed by atoms with Gasteiger partial charge in [0, 0.05) is 28.5 Å². The van der Waals surface area contributed by atoms with Crippen LogP contribution in [0.15, 0.2) is 72.8 Å². The Morgan fingerprint density at radius 1 is 1.02 bits per heavy atom. The van der Waals surface area contributed by atoms with Gasteiger partial charge in [0.25, 0.3) is 5.91 Å². The Kier molecular flexibility index (Phi) is 9.21. The third kappa shape index (κ3) is 6.32. The van der Waals surface area contributed by atoms with Crippen LogP contribution in [0.4, 0.5) is 0 Å². The molecule has 5 N–H and O–H groups in total. The fraction of sp³-hybridized carbons (Fsp3) is 0.344. The molecule has 0 spiro atoms. The number of phenolic OH excluding ortho intramolecular Hbond substituents is 1. The van der Waals surface area contributed by atoms with Crippen LogP contribution in [0.1, 0.15) is 52.5 Å². The molecule has 1 aliphatic heterocycles. The fourth-order valence-corrected chi connectivity index (χ4v) is 6.42. The quantitative estimate of drug-likeness (QED) is 0.285. The Hall–Kier alpha value is -3.66. The second-order valence-corrected chi connectivity index (χ2v) is 12.6. The minimum Gasteiger partial charge on any atom is -0.508 e. The summed E-state index contributed by atoms with van der Waals surface area (Å²) in [6, 6.07) is 19.1. The molecule has 0 saturated carbocycles. The molecule has 8 nitrogen and oxygen atoms in total. The topological polar surface area (TPSA) is 133 Å². The van der Waals surface area contributed by atoms with Crippen molar-refractivity contribution in [2.24, 2.45) is 11.7 Å². The largest absolute Gasteiger partial charge is 0.508 e. The molecule has 4 atom stereocenters. The molecular formula is C32H37N3O5S. The van der Waals surface area contributed by atoms with Crippen molar-refractivity contribution in [3.8, 4) is 5.75 Å². The zero-order valence-corrected chi connectivity index (χ0v) is 24.5. The third-order valence-electron chi connectivity index (χ3n) is 7.83. The number of amides is 2. The number of nitrogens with one attached hydrogen (secondary N) is 1. The summed E-state index contributed by atoms with van der Waals surface area (Å²) in [6.45, 7) is 7.61. The minimum atomic E-state index is -1.83. The van der Waals surface area contributed by atoms with Crippen LogP contribution in [-0.4, -0.2) is 55.5 Å². The van der Waals surface area contributed by atoms with Crippen molar-refractivity contribution in [2.75, 3.05) is 5.88 Å². The van der Waals surface area contributed by atoms with Crippen LogP contribution in [0.25, 0.3) is 0 Å². The van der Waals surface area contributed by atoms with E-state index in [-0.39, 0.29) is 23.1 Å². The number of hydrogen-bond acceptors (Lipinski definition) is 7. The van der Waals surface area contributed by atoms with Crippen molar-refractivity contribution >= 4 is 29.4 Å². The first-order chi connectivity index (χ1) is 19.4. The van der Waals surface area contributed by atoms with Gasteiger partial charge in [-0.25, -0.2) is 0 Å². The highest BCUT2D eigenvalue weighted by Gasteiger charge is 2.51. The maximum atomic E-state index is 14.0. The van der Waals surface area contributed by atoms with Gasteiger partial charge in [0.05, 0.1) is 11.8 Å². The van der Waals surface area contributed by atoms with Crippen molar-refractivity contribution < 1.29 is 24.6 Å². The fourth-order valence-electron chi connectivity index (χ4n) is 5.28. The standard InChI is InChI=1S/C32H37N3O5S/c1-19-11-8-9-14-22(19)17-34-30(39)29-32(3,4)41-18-35(29)31(40)28(38)25(26(33)21-12-6-5-7-13-21)27(37)23-15-10-16-24(36)20(23)2/h5-16,25-26,28-29,36,38H,17-18,33H2,1-4H3,(H,34,39)/t25?,26?,28?,29-/m1/s1. The first-order valence-corrected chi connectivity index (χ1v) is 14.5. The average Bonchev–Trinajstić information content (AvgIpc) is 3.28. The molecule has 3 aromatic rings. The van der Waals surface area contributed by atoms with Gasteiger partial charge in [-0.15, -0.1) is 11.8 Å². The molecule has 0 aliphatic carbocycles. The first kappa shape index (κ1) is 30.3. The number of nitrogens with zero attached hydrogens (tertiary/aromatic N) is 1. The van der Waals surface area contributed by atoms with Gasteiger partial charge < -0.3 is 26.2 Å².